The van der Waals surface area contributed by atoms with Crippen LogP contribution < -0.4 is 0 Å². The molecule has 0 aromatic carbocycles. The largest absolute Gasteiger partial charge is 0.339 e. The van der Waals surface area contributed by atoms with E-state index in [9.17, 15) is 4.79 Å². The number of Topliss-reactive ketones (excluding diaryl/α,β-unsaturated/α-hetero) is 1. The van der Waals surface area contributed by atoms with Crippen molar-refractivity contribution in [1.82, 2.24) is 10.1 Å². The second kappa shape index (κ2) is 3.90. The summed E-state index contributed by atoms with van der Waals surface area (Å²) in [4.78, 5) is 15.3. The van der Waals surface area contributed by atoms with Gasteiger partial charge in [-0.1, -0.05) is 12.1 Å². The maximum absolute atomic E-state index is 11.0. The van der Waals surface area contributed by atoms with E-state index in [0.29, 0.717) is 30.4 Å². The van der Waals surface area contributed by atoms with Gasteiger partial charge in [0.2, 0.25) is 5.89 Å². The van der Waals surface area contributed by atoms with E-state index in [-0.39, 0.29) is 0 Å². The number of hydrogen-bond acceptors (Lipinski definition) is 4. The van der Waals surface area contributed by atoms with Crippen molar-refractivity contribution in [3.63, 3.8) is 0 Å². The molecule has 0 N–H and O–H groups in total. The number of rotatable bonds is 2. The molecule has 0 unspecified atom stereocenters. The summed E-state index contributed by atoms with van der Waals surface area (Å²) in [5.41, 5.74) is 0. The number of hydrogen-bond donors (Lipinski definition) is 0. The fourth-order valence-electron chi connectivity index (χ4n) is 1.76. The molecule has 1 aliphatic carbocycles. The van der Waals surface area contributed by atoms with Crippen molar-refractivity contribution in [2.75, 3.05) is 0 Å². The van der Waals surface area contributed by atoms with Crippen LogP contribution in [0.5, 0.6) is 0 Å². The Kier molecular flexibility index (Phi) is 2.61. The Balaban J connectivity index is 2.04. The molecule has 1 aromatic rings. The molecule has 1 heterocycles. The maximum atomic E-state index is 11.0. The molecule has 1 aliphatic rings. The van der Waals surface area contributed by atoms with E-state index in [1.54, 1.807) is 0 Å². The van der Waals surface area contributed by atoms with Gasteiger partial charge in [0.05, 0.1) is 0 Å². The molecule has 0 radical (unpaired) electrons. The fourth-order valence-corrected chi connectivity index (χ4v) is 1.76. The number of carbonyl (C=O) groups excluding carboxylic acids is 1. The topological polar surface area (TPSA) is 56.0 Å². The van der Waals surface area contributed by atoms with Gasteiger partial charge < -0.3 is 4.52 Å². The number of aryl methyl sites for hydroxylation is 1. The minimum absolute atomic E-state index is 0.306. The van der Waals surface area contributed by atoms with Crippen molar-refractivity contribution in [1.29, 1.82) is 0 Å². The standard InChI is InChI=1S/C10H14N2O2/c1-2-9-11-10(14-12-9)7-3-5-8(13)6-4-7/h7H,2-6H2,1H3. The predicted octanol–water partition coefficient (Wildman–Crippen LogP) is 1.86. The second-order valence-electron chi connectivity index (χ2n) is 3.72. The van der Waals surface area contributed by atoms with E-state index in [0.717, 1.165) is 25.1 Å². The Morgan fingerprint density at radius 3 is 2.71 bits per heavy atom. The van der Waals surface area contributed by atoms with Gasteiger partial charge in [0.1, 0.15) is 5.78 Å². The highest BCUT2D eigenvalue weighted by Crippen LogP contribution is 2.29. The summed E-state index contributed by atoms with van der Waals surface area (Å²) >= 11 is 0. The van der Waals surface area contributed by atoms with Crippen LogP contribution >= 0.6 is 0 Å². The highest BCUT2D eigenvalue weighted by atomic mass is 16.5. The Morgan fingerprint density at radius 1 is 1.43 bits per heavy atom. The van der Waals surface area contributed by atoms with Crippen LogP contribution in [0.15, 0.2) is 4.52 Å². The summed E-state index contributed by atoms with van der Waals surface area (Å²) in [6, 6.07) is 0. The van der Waals surface area contributed by atoms with Gasteiger partial charge in [-0.15, -0.1) is 0 Å². The summed E-state index contributed by atoms with van der Waals surface area (Å²) in [5.74, 6) is 2.14. The van der Waals surface area contributed by atoms with Crippen LogP contribution in [0.4, 0.5) is 0 Å². The van der Waals surface area contributed by atoms with Crippen molar-refractivity contribution in [2.24, 2.45) is 0 Å². The first-order valence-electron chi connectivity index (χ1n) is 5.13. The van der Waals surface area contributed by atoms with Gasteiger partial charge in [0.15, 0.2) is 5.82 Å². The molecule has 0 aliphatic heterocycles. The molecule has 0 spiro atoms. The van der Waals surface area contributed by atoms with Gasteiger partial charge >= 0.3 is 0 Å². The lowest BCUT2D eigenvalue weighted by Crippen LogP contribution is -2.12. The third-order valence-corrected chi connectivity index (χ3v) is 2.69. The molecule has 0 atom stereocenters. The van der Waals surface area contributed by atoms with Gasteiger partial charge in [0, 0.05) is 25.2 Å². The Morgan fingerprint density at radius 2 is 2.14 bits per heavy atom. The molecular weight excluding hydrogens is 180 g/mol. The van der Waals surface area contributed by atoms with Crippen LogP contribution in [0, 0.1) is 0 Å². The van der Waals surface area contributed by atoms with Gasteiger partial charge in [-0.2, -0.15) is 4.98 Å². The van der Waals surface area contributed by atoms with Crippen LogP contribution in [0.3, 0.4) is 0 Å². The fraction of sp³-hybridized carbons (Fsp3) is 0.700. The minimum atomic E-state index is 0.306. The first kappa shape index (κ1) is 9.37. The van der Waals surface area contributed by atoms with E-state index in [1.165, 1.54) is 0 Å². The number of nitrogens with zero attached hydrogens (tertiary/aromatic N) is 2. The van der Waals surface area contributed by atoms with Crippen molar-refractivity contribution in [3.8, 4) is 0 Å². The first-order chi connectivity index (χ1) is 6.79. The lowest BCUT2D eigenvalue weighted by Gasteiger charge is -2.16. The molecule has 0 amide bonds. The zero-order chi connectivity index (χ0) is 9.97. The molecule has 4 heteroatoms. The molecule has 1 fully saturated rings. The van der Waals surface area contributed by atoms with E-state index >= 15 is 0 Å². The maximum Gasteiger partial charge on any atom is 0.229 e. The lowest BCUT2D eigenvalue weighted by molar-refractivity contribution is -0.120. The van der Waals surface area contributed by atoms with E-state index in [1.807, 2.05) is 6.92 Å². The Hall–Kier alpha value is -1.19. The zero-order valence-corrected chi connectivity index (χ0v) is 8.32. The number of carbonyl (C=O) groups is 1. The lowest BCUT2D eigenvalue weighted by atomic mass is 9.88. The quantitative estimate of drug-likeness (QED) is 0.721. The normalized spacial score (nSPS) is 18.8. The minimum Gasteiger partial charge on any atom is -0.339 e. The van der Waals surface area contributed by atoms with Crippen LogP contribution in [0.1, 0.15) is 50.2 Å². The molecule has 76 valence electrons. The van der Waals surface area contributed by atoms with Crippen molar-refractivity contribution in [2.45, 2.75) is 44.9 Å². The van der Waals surface area contributed by atoms with Crippen LogP contribution in [-0.2, 0) is 11.2 Å². The summed E-state index contributed by atoms with van der Waals surface area (Å²) < 4.78 is 5.16. The smallest absolute Gasteiger partial charge is 0.229 e. The van der Waals surface area contributed by atoms with Gasteiger partial charge in [0.25, 0.3) is 0 Å². The first-order valence-corrected chi connectivity index (χ1v) is 5.13. The van der Waals surface area contributed by atoms with Gasteiger partial charge in [-0.05, 0) is 12.8 Å². The second-order valence-corrected chi connectivity index (χ2v) is 3.72. The predicted molar refractivity (Wildman–Crippen MR) is 49.9 cm³/mol. The molecule has 2 rings (SSSR count). The molecule has 14 heavy (non-hydrogen) atoms. The summed E-state index contributed by atoms with van der Waals surface area (Å²) in [6.45, 7) is 2.00. The van der Waals surface area contributed by atoms with E-state index < -0.39 is 0 Å². The van der Waals surface area contributed by atoms with Crippen molar-refractivity contribution < 1.29 is 9.32 Å². The van der Waals surface area contributed by atoms with E-state index in [4.69, 9.17) is 4.52 Å². The van der Waals surface area contributed by atoms with Crippen LogP contribution in [-0.4, -0.2) is 15.9 Å². The van der Waals surface area contributed by atoms with Crippen molar-refractivity contribution >= 4 is 5.78 Å². The highest BCUT2D eigenvalue weighted by Gasteiger charge is 2.24. The molecule has 1 aromatic heterocycles. The molecule has 1 saturated carbocycles. The molecular formula is C10H14N2O2. The molecule has 4 nitrogen and oxygen atoms in total. The van der Waals surface area contributed by atoms with Gasteiger partial charge in [-0.3, -0.25) is 4.79 Å². The van der Waals surface area contributed by atoms with E-state index in [2.05, 4.69) is 10.1 Å². The molecule has 0 bridgehead atoms. The van der Waals surface area contributed by atoms with Crippen molar-refractivity contribution in [3.05, 3.63) is 11.7 Å². The average molecular weight is 194 g/mol. The third kappa shape index (κ3) is 1.84. The average Bonchev–Trinajstić information content (AvgIpc) is 2.67. The summed E-state index contributed by atoms with van der Waals surface area (Å²) in [5, 5.41) is 3.86. The van der Waals surface area contributed by atoms with Crippen LogP contribution in [0.25, 0.3) is 0 Å². The monoisotopic (exact) mass is 194 g/mol. The number of aromatic nitrogens is 2. The Labute approximate surface area is 82.7 Å². The Bertz CT molecular complexity index is 323. The van der Waals surface area contributed by atoms with Gasteiger partial charge in [-0.25, -0.2) is 0 Å². The van der Waals surface area contributed by atoms with Crippen LogP contribution in [0.2, 0.25) is 0 Å². The summed E-state index contributed by atoms with van der Waals surface area (Å²) in [7, 11) is 0. The summed E-state index contributed by atoms with van der Waals surface area (Å²) in [6.07, 6.45) is 3.85. The zero-order valence-electron chi connectivity index (χ0n) is 8.32. The third-order valence-electron chi connectivity index (χ3n) is 2.69. The molecule has 0 saturated heterocycles. The number of ketones is 1. The highest BCUT2D eigenvalue weighted by molar-refractivity contribution is 5.79. The SMILES string of the molecule is CCc1noc(C2CCC(=O)CC2)n1.